The molecule has 0 spiro atoms. The van der Waals surface area contributed by atoms with Gasteiger partial charge in [-0.15, -0.1) is 0 Å². The third kappa shape index (κ3) is 3.82. The van der Waals surface area contributed by atoms with E-state index in [2.05, 4.69) is 26.1 Å². The number of H-pyrrole nitrogens is 1. The molecule has 0 saturated heterocycles. The standard InChI is InChI=1S/C27H22BrN3O3/c1-3-34-27(33)19-10-14-21(15-11-19)31-25(18-8-12-20(28)13-9-18)22-23(29-30-24(22)26(31)32)17-6-4-16(2)5-7-17/h4-15,25H,3H2,1-2H3,(H,29,30). The van der Waals surface area contributed by atoms with Crippen LogP contribution in [0.3, 0.4) is 0 Å². The molecule has 1 atom stereocenters. The SMILES string of the molecule is CCOC(=O)c1ccc(N2C(=O)c3[nH]nc(-c4ccc(C)cc4)c3C2c2ccc(Br)cc2)cc1. The fourth-order valence-corrected chi connectivity index (χ4v) is 4.54. The summed E-state index contributed by atoms with van der Waals surface area (Å²) in [5, 5.41) is 7.51. The van der Waals surface area contributed by atoms with E-state index in [0.29, 0.717) is 23.6 Å². The van der Waals surface area contributed by atoms with Crippen LogP contribution < -0.4 is 4.90 Å². The Labute approximate surface area is 205 Å². The number of hydrogen-bond donors (Lipinski definition) is 1. The molecule has 3 aromatic carbocycles. The van der Waals surface area contributed by atoms with Crippen LogP contribution in [0.25, 0.3) is 11.3 Å². The van der Waals surface area contributed by atoms with Gasteiger partial charge in [0.25, 0.3) is 5.91 Å². The van der Waals surface area contributed by atoms with Gasteiger partial charge in [-0.1, -0.05) is 57.9 Å². The monoisotopic (exact) mass is 515 g/mol. The second kappa shape index (κ2) is 8.91. The van der Waals surface area contributed by atoms with Crippen molar-refractivity contribution in [1.82, 2.24) is 10.2 Å². The molecule has 4 aromatic rings. The van der Waals surface area contributed by atoms with Gasteiger partial charge in [0.15, 0.2) is 0 Å². The average Bonchev–Trinajstić information content (AvgIpc) is 3.39. The first-order valence-electron chi connectivity index (χ1n) is 11.0. The maximum absolute atomic E-state index is 13.6. The van der Waals surface area contributed by atoms with Gasteiger partial charge in [-0.05, 0) is 55.8 Å². The maximum Gasteiger partial charge on any atom is 0.338 e. The molecular weight excluding hydrogens is 494 g/mol. The molecule has 1 unspecified atom stereocenters. The number of esters is 1. The Morgan fingerprint density at radius 3 is 2.35 bits per heavy atom. The molecule has 0 saturated carbocycles. The van der Waals surface area contributed by atoms with Gasteiger partial charge in [-0.25, -0.2) is 4.79 Å². The minimum atomic E-state index is -0.387. The molecule has 34 heavy (non-hydrogen) atoms. The number of hydrogen-bond acceptors (Lipinski definition) is 4. The molecule has 1 amide bonds. The van der Waals surface area contributed by atoms with Crippen LogP contribution in [0.15, 0.2) is 77.3 Å². The third-order valence-corrected chi connectivity index (χ3v) is 6.46. The lowest BCUT2D eigenvalue weighted by molar-refractivity contribution is 0.0526. The first-order valence-corrected chi connectivity index (χ1v) is 11.8. The van der Waals surface area contributed by atoms with E-state index in [9.17, 15) is 9.59 Å². The second-order valence-electron chi connectivity index (χ2n) is 8.12. The summed E-state index contributed by atoms with van der Waals surface area (Å²) in [6.07, 6.45) is 0. The topological polar surface area (TPSA) is 75.3 Å². The van der Waals surface area contributed by atoms with Crippen molar-refractivity contribution in [2.45, 2.75) is 19.9 Å². The number of aryl methyl sites for hydroxylation is 1. The fourth-order valence-electron chi connectivity index (χ4n) is 4.28. The number of nitrogens with zero attached hydrogens (tertiary/aromatic N) is 2. The van der Waals surface area contributed by atoms with Crippen LogP contribution in [0.4, 0.5) is 5.69 Å². The van der Waals surface area contributed by atoms with Gasteiger partial charge >= 0.3 is 5.97 Å². The Morgan fingerprint density at radius 2 is 1.71 bits per heavy atom. The van der Waals surface area contributed by atoms with Gasteiger partial charge < -0.3 is 4.74 Å². The van der Waals surface area contributed by atoms with Crippen molar-refractivity contribution in [3.63, 3.8) is 0 Å². The average molecular weight is 516 g/mol. The summed E-state index contributed by atoms with van der Waals surface area (Å²) in [6.45, 7) is 4.11. The summed E-state index contributed by atoms with van der Waals surface area (Å²) in [7, 11) is 0. The number of nitrogens with one attached hydrogen (secondary N) is 1. The Hall–Kier alpha value is -3.71. The van der Waals surface area contributed by atoms with Gasteiger partial charge in [0.1, 0.15) is 5.69 Å². The van der Waals surface area contributed by atoms with Crippen molar-refractivity contribution in [2.24, 2.45) is 0 Å². The number of aromatic nitrogens is 2. The molecule has 5 rings (SSSR count). The summed E-state index contributed by atoms with van der Waals surface area (Å²) in [5.74, 6) is -0.556. The van der Waals surface area contributed by atoms with Gasteiger partial charge in [0.05, 0.1) is 23.9 Å². The van der Waals surface area contributed by atoms with Crippen LogP contribution in [0.2, 0.25) is 0 Å². The van der Waals surface area contributed by atoms with E-state index in [4.69, 9.17) is 4.74 Å². The van der Waals surface area contributed by atoms with Crippen molar-refractivity contribution < 1.29 is 14.3 Å². The number of benzene rings is 3. The Kier molecular flexibility index (Phi) is 5.79. The summed E-state index contributed by atoms with van der Waals surface area (Å²) in [4.78, 5) is 27.5. The van der Waals surface area contributed by atoms with Crippen LogP contribution in [-0.2, 0) is 4.74 Å². The van der Waals surface area contributed by atoms with Gasteiger partial charge in [-0.2, -0.15) is 5.10 Å². The molecule has 0 radical (unpaired) electrons. The van der Waals surface area contributed by atoms with Crippen molar-refractivity contribution in [2.75, 3.05) is 11.5 Å². The zero-order valence-electron chi connectivity index (χ0n) is 18.7. The number of rotatable bonds is 5. The quantitative estimate of drug-likeness (QED) is 0.327. The van der Waals surface area contributed by atoms with Gasteiger partial charge in [-0.3, -0.25) is 14.8 Å². The highest BCUT2D eigenvalue weighted by atomic mass is 79.9. The molecular formula is C27H22BrN3O3. The molecule has 2 heterocycles. The number of ether oxygens (including phenoxy) is 1. The van der Waals surface area contributed by atoms with Crippen LogP contribution in [0, 0.1) is 6.92 Å². The normalized spacial score (nSPS) is 14.9. The molecule has 0 aliphatic carbocycles. The molecule has 1 N–H and O–H groups in total. The summed E-state index contributed by atoms with van der Waals surface area (Å²) >= 11 is 3.50. The van der Waals surface area contributed by atoms with Crippen molar-refractivity contribution >= 4 is 33.5 Å². The highest BCUT2D eigenvalue weighted by molar-refractivity contribution is 9.10. The number of carbonyl (C=O) groups is 2. The third-order valence-electron chi connectivity index (χ3n) is 5.94. The molecule has 1 aromatic heterocycles. The van der Waals surface area contributed by atoms with Crippen LogP contribution >= 0.6 is 15.9 Å². The summed E-state index contributed by atoms with van der Waals surface area (Å²) in [6, 6.07) is 22.6. The summed E-state index contributed by atoms with van der Waals surface area (Å²) < 4.78 is 6.05. The lowest BCUT2D eigenvalue weighted by Gasteiger charge is -2.26. The Morgan fingerprint density at radius 1 is 1.03 bits per heavy atom. The zero-order chi connectivity index (χ0) is 23.8. The molecule has 0 bridgehead atoms. The molecule has 170 valence electrons. The van der Waals surface area contributed by atoms with Gasteiger partial charge in [0, 0.05) is 21.3 Å². The Bertz CT molecular complexity index is 1360. The predicted octanol–water partition coefficient (Wildman–Crippen LogP) is 6.07. The van der Waals surface area contributed by atoms with E-state index in [1.54, 1.807) is 36.1 Å². The molecule has 7 heteroatoms. The van der Waals surface area contributed by atoms with Crippen LogP contribution in [-0.4, -0.2) is 28.7 Å². The summed E-state index contributed by atoms with van der Waals surface area (Å²) in [5.41, 5.74) is 6.24. The lowest BCUT2D eigenvalue weighted by atomic mass is 9.95. The number of aromatic amines is 1. The predicted molar refractivity (Wildman–Crippen MR) is 134 cm³/mol. The van der Waals surface area contributed by atoms with E-state index < -0.39 is 0 Å². The second-order valence-corrected chi connectivity index (χ2v) is 9.04. The number of anilines is 1. The minimum Gasteiger partial charge on any atom is -0.462 e. The first kappa shape index (κ1) is 22.1. The minimum absolute atomic E-state index is 0.169. The zero-order valence-corrected chi connectivity index (χ0v) is 20.3. The molecule has 1 aliphatic heterocycles. The van der Waals surface area contributed by atoms with Crippen LogP contribution in [0.1, 0.15) is 50.5 Å². The molecule has 6 nitrogen and oxygen atoms in total. The highest BCUT2D eigenvalue weighted by Gasteiger charge is 2.43. The van der Waals surface area contributed by atoms with Crippen molar-refractivity contribution in [1.29, 1.82) is 0 Å². The van der Waals surface area contributed by atoms with E-state index in [1.165, 1.54) is 0 Å². The highest BCUT2D eigenvalue weighted by Crippen LogP contribution is 2.45. The maximum atomic E-state index is 13.6. The molecule has 0 fully saturated rings. The van der Waals surface area contributed by atoms with Crippen LogP contribution in [0.5, 0.6) is 0 Å². The number of amides is 1. The Balaban J connectivity index is 1.63. The van der Waals surface area contributed by atoms with Gasteiger partial charge in [0.2, 0.25) is 0 Å². The smallest absolute Gasteiger partial charge is 0.338 e. The van der Waals surface area contributed by atoms with E-state index >= 15 is 0 Å². The first-order chi connectivity index (χ1) is 16.5. The molecule has 1 aliphatic rings. The largest absolute Gasteiger partial charge is 0.462 e. The fraction of sp³-hybridized carbons (Fsp3) is 0.148. The van der Waals surface area contributed by atoms with E-state index in [0.717, 1.165) is 32.4 Å². The number of fused-ring (bicyclic) bond motifs is 1. The van der Waals surface area contributed by atoms with Crippen molar-refractivity contribution in [3.8, 4) is 11.3 Å². The van der Waals surface area contributed by atoms with E-state index in [1.807, 2.05) is 55.5 Å². The van der Waals surface area contributed by atoms with E-state index in [-0.39, 0.29) is 17.9 Å². The number of halogens is 1. The number of carbonyl (C=O) groups excluding carboxylic acids is 2. The van der Waals surface area contributed by atoms with Crippen molar-refractivity contribution in [3.05, 3.63) is 105 Å². The lowest BCUT2D eigenvalue weighted by Crippen LogP contribution is -2.29.